The minimum atomic E-state index is -0.405. The highest BCUT2D eigenvalue weighted by molar-refractivity contribution is 7.25. The summed E-state index contributed by atoms with van der Waals surface area (Å²) in [5.74, 6) is 0. The van der Waals surface area contributed by atoms with Crippen molar-refractivity contribution >= 4 is 65.6 Å². The van der Waals surface area contributed by atoms with Gasteiger partial charge in [-0.2, -0.15) is 0 Å². The van der Waals surface area contributed by atoms with E-state index in [1.165, 1.54) is 52.8 Å². The molecule has 1 aliphatic rings. The molecule has 4 heteroatoms. The van der Waals surface area contributed by atoms with Gasteiger partial charge in [0.25, 0.3) is 0 Å². The molecule has 2 nitrogen and oxygen atoms in total. The third-order valence-electron chi connectivity index (χ3n) is 8.08. The lowest BCUT2D eigenvalue weighted by Crippen LogP contribution is -2.41. The molecule has 0 aliphatic carbocycles. The van der Waals surface area contributed by atoms with Gasteiger partial charge in [-0.05, 0) is 78.0 Å². The van der Waals surface area contributed by atoms with Gasteiger partial charge >= 0.3 is 7.12 Å². The van der Waals surface area contributed by atoms with Gasteiger partial charge in [0.1, 0.15) is 0 Å². The molecule has 0 spiro atoms. The molecule has 0 unspecified atom stereocenters. The average Bonchev–Trinajstić information content (AvgIpc) is 3.35. The Balaban J connectivity index is 1.50. The Morgan fingerprint density at radius 3 is 2.08 bits per heavy atom. The highest BCUT2D eigenvalue weighted by atomic mass is 32.1. The van der Waals surface area contributed by atoms with E-state index in [0.29, 0.717) is 0 Å². The van der Waals surface area contributed by atoms with E-state index in [1.54, 1.807) is 0 Å². The van der Waals surface area contributed by atoms with Crippen LogP contribution in [0.1, 0.15) is 27.7 Å². The van der Waals surface area contributed by atoms with Crippen molar-refractivity contribution < 1.29 is 9.31 Å². The summed E-state index contributed by atoms with van der Waals surface area (Å²) in [5.41, 5.74) is 2.73. The Morgan fingerprint density at radius 2 is 1.28 bits per heavy atom. The topological polar surface area (TPSA) is 18.5 Å². The summed E-state index contributed by atoms with van der Waals surface area (Å²) in [7, 11) is -0.405. The SMILES string of the molecule is CC1(C)OB(c2cc(-c3ccc4c(c3)sc3ccccc34)c3c(ccc4ccccc43)c2)OC1(C)C. The predicted octanol–water partition coefficient (Wildman–Crippen LogP) is 8.33. The van der Waals surface area contributed by atoms with E-state index in [0.717, 1.165) is 5.46 Å². The Morgan fingerprint density at radius 1 is 0.611 bits per heavy atom. The van der Waals surface area contributed by atoms with Crippen molar-refractivity contribution in [2.45, 2.75) is 38.9 Å². The van der Waals surface area contributed by atoms with Crippen LogP contribution in [0.4, 0.5) is 0 Å². The molecule has 2 heterocycles. The lowest BCUT2D eigenvalue weighted by molar-refractivity contribution is 0.00578. The summed E-state index contributed by atoms with van der Waals surface area (Å²) >= 11 is 1.86. The summed E-state index contributed by atoms with van der Waals surface area (Å²) in [5, 5.41) is 7.63. The van der Waals surface area contributed by atoms with Crippen LogP contribution in [0.3, 0.4) is 0 Å². The summed E-state index contributed by atoms with van der Waals surface area (Å²) in [6, 6.07) is 33.2. The van der Waals surface area contributed by atoms with Gasteiger partial charge in [-0.1, -0.05) is 78.9 Å². The Labute approximate surface area is 215 Å². The third-order valence-corrected chi connectivity index (χ3v) is 9.21. The van der Waals surface area contributed by atoms with Crippen molar-refractivity contribution in [3.8, 4) is 11.1 Å². The molecule has 1 aliphatic heterocycles. The molecule has 5 aromatic carbocycles. The number of hydrogen-bond acceptors (Lipinski definition) is 3. The van der Waals surface area contributed by atoms with Gasteiger partial charge in [0, 0.05) is 20.2 Å². The smallest absolute Gasteiger partial charge is 0.399 e. The van der Waals surface area contributed by atoms with E-state index in [2.05, 4.69) is 119 Å². The van der Waals surface area contributed by atoms with Crippen molar-refractivity contribution in [1.82, 2.24) is 0 Å². The van der Waals surface area contributed by atoms with Gasteiger partial charge in [0.05, 0.1) is 11.2 Å². The zero-order chi connectivity index (χ0) is 24.7. The van der Waals surface area contributed by atoms with Gasteiger partial charge in [0.15, 0.2) is 0 Å². The van der Waals surface area contributed by atoms with Gasteiger partial charge in [-0.25, -0.2) is 0 Å². The molecule has 0 radical (unpaired) electrons. The summed E-state index contributed by atoms with van der Waals surface area (Å²) in [4.78, 5) is 0. The molecule has 0 atom stereocenters. The number of benzene rings is 5. The van der Waals surface area contributed by atoms with E-state index < -0.39 is 7.12 Å². The van der Waals surface area contributed by atoms with Crippen LogP contribution < -0.4 is 5.46 Å². The second-order valence-electron chi connectivity index (χ2n) is 10.9. The lowest BCUT2D eigenvalue weighted by atomic mass is 9.76. The molecular weight excluding hydrogens is 459 g/mol. The summed E-state index contributed by atoms with van der Waals surface area (Å²) in [6.07, 6.45) is 0. The number of fused-ring (bicyclic) bond motifs is 6. The molecule has 176 valence electrons. The molecule has 1 fully saturated rings. The van der Waals surface area contributed by atoms with Crippen LogP contribution in [0, 0.1) is 0 Å². The maximum atomic E-state index is 6.47. The van der Waals surface area contributed by atoms with Crippen LogP contribution in [0.25, 0.3) is 52.8 Å². The monoisotopic (exact) mass is 486 g/mol. The van der Waals surface area contributed by atoms with Gasteiger partial charge < -0.3 is 9.31 Å². The van der Waals surface area contributed by atoms with Crippen molar-refractivity contribution in [2.24, 2.45) is 0 Å². The molecule has 0 N–H and O–H groups in total. The highest BCUT2D eigenvalue weighted by Crippen LogP contribution is 2.41. The van der Waals surface area contributed by atoms with Crippen LogP contribution >= 0.6 is 11.3 Å². The number of hydrogen-bond donors (Lipinski definition) is 0. The molecule has 0 amide bonds. The minimum Gasteiger partial charge on any atom is -0.399 e. The van der Waals surface area contributed by atoms with E-state index >= 15 is 0 Å². The summed E-state index contributed by atoms with van der Waals surface area (Å²) < 4.78 is 15.6. The maximum absolute atomic E-state index is 6.47. The largest absolute Gasteiger partial charge is 0.494 e. The zero-order valence-electron chi connectivity index (χ0n) is 21.0. The average molecular weight is 486 g/mol. The minimum absolute atomic E-state index is 0.383. The van der Waals surface area contributed by atoms with Gasteiger partial charge in [-0.3, -0.25) is 0 Å². The Hall–Kier alpha value is -3.18. The standard InChI is InChI=1S/C32H27BO2S/c1-31(2)32(3,4)35-33(34-31)23-17-22-14-13-20-9-5-6-10-24(20)30(22)27(19-23)21-15-16-26-25-11-7-8-12-28(25)36-29(26)18-21/h5-19H,1-4H3. The van der Waals surface area contributed by atoms with Crippen LogP contribution in [-0.4, -0.2) is 18.3 Å². The third kappa shape index (κ3) is 3.25. The first-order valence-electron chi connectivity index (χ1n) is 12.5. The molecule has 0 bridgehead atoms. The first-order chi connectivity index (χ1) is 17.3. The van der Waals surface area contributed by atoms with Crippen molar-refractivity contribution in [2.75, 3.05) is 0 Å². The fourth-order valence-electron chi connectivity index (χ4n) is 5.41. The molecule has 6 aromatic rings. The van der Waals surface area contributed by atoms with E-state index in [1.807, 2.05) is 11.3 Å². The van der Waals surface area contributed by atoms with E-state index in [-0.39, 0.29) is 11.2 Å². The predicted molar refractivity (Wildman–Crippen MR) is 155 cm³/mol. The Bertz CT molecular complexity index is 1800. The van der Waals surface area contributed by atoms with Crippen molar-refractivity contribution in [1.29, 1.82) is 0 Å². The van der Waals surface area contributed by atoms with Gasteiger partial charge in [-0.15, -0.1) is 11.3 Å². The van der Waals surface area contributed by atoms with Crippen molar-refractivity contribution in [3.05, 3.63) is 91.0 Å². The first-order valence-corrected chi connectivity index (χ1v) is 13.4. The second kappa shape index (κ2) is 7.66. The quantitative estimate of drug-likeness (QED) is 0.181. The number of rotatable bonds is 2. The maximum Gasteiger partial charge on any atom is 0.494 e. The van der Waals surface area contributed by atoms with Crippen LogP contribution in [-0.2, 0) is 9.31 Å². The highest BCUT2D eigenvalue weighted by Gasteiger charge is 2.51. The van der Waals surface area contributed by atoms with Crippen molar-refractivity contribution in [3.63, 3.8) is 0 Å². The Kier molecular flexibility index (Phi) is 4.69. The normalized spacial score (nSPS) is 17.1. The molecule has 0 saturated carbocycles. The molecule has 36 heavy (non-hydrogen) atoms. The van der Waals surface area contributed by atoms with E-state index in [4.69, 9.17) is 9.31 Å². The fourth-order valence-corrected chi connectivity index (χ4v) is 6.55. The molecule has 1 saturated heterocycles. The van der Waals surface area contributed by atoms with E-state index in [9.17, 15) is 0 Å². The summed E-state index contributed by atoms with van der Waals surface area (Å²) in [6.45, 7) is 8.44. The lowest BCUT2D eigenvalue weighted by Gasteiger charge is -2.32. The van der Waals surface area contributed by atoms with Crippen LogP contribution in [0.15, 0.2) is 91.0 Å². The van der Waals surface area contributed by atoms with Gasteiger partial charge in [0.2, 0.25) is 0 Å². The van der Waals surface area contributed by atoms with Crippen LogP contribution in [0.2, 0.25) is 0 Å². The molecule has 1 aromatic heterocycles. The zero-order valence-corrected chi connectivity index (χ0v) is 21.8. The first kappa shape index (κ1) is 22.1. The van der Waals surface area contributed by atoms with Crippen LogP contribution in [0.5, 0.6) is 0 Å². The number of thiophene rings is 1. The molecule has 7 rings (SSSR count). The second-order valence-corrected chi connectivity index (χ2v) is 11.9. The molecular formula is C32H27BO2S. The fraction of sp³-hybridized carbons (Fsp3) is 0.188.